The van der Waals surface area contributed by atoms with Crippen molar-refractivity contribution >= 4 is 23.0 Å². The van der Waals surface area contributed by atoms with Crippen molar-refractivity contribution in [1.29, 1.82) is 5.26 Å². The molecule has 2 aromatic rings. The maximum absolute atomic E-state index is 8.82. The van der Waals surface area contributed by atoms with E-state index in [4.69, 9.17) is 22.6 Å². The van der Waals surface area contributed by atoms with E-state index in [0.29, 0.717) is 22.8 Å². The summed E-state index contributed by atoms with van der Waals surface area (Å²) >= 11 is 6.06. The number of nitriles is 1. The van der Waals surface area contributed by atoms with Crippen LogP contribution in [0.15, 0.2) is 42.5 Å². The Balaban J connectivity index is 2.09. The van der Waals surface area contributed by atoms with Gasteiger partial charge in [-0.05, 0) is 35.9 Å². The molecule has 3 N–H and O–H groups in total. The lowest BCUT2D eigenvalue weighted by Crippen LogP contribution is -2.00. The molecule has 3 nitrogen and oxygen atoms in total. The molecule has 0 unspecified atom stereocenters. The number of anilines is 2. The summed E-state index contributed by atoms with van der Waals surface area (Å²) < 4.78 is 0. The first-order valence-corrected chi connectivity index (χ1v) is 5.85. The van der Waals surface area contributed by atoms with E-state index in [-0.39, 0.29) is 0 Å². The second-order valence-electron chi connectivity index (χ2n) is 3.91. The fraction of sp³-hybridized carbons (Fsp3) is 0.0714. The average Bonchev–Trinajstić information content (AvgIpc) is 2.38. The van der Waals surface area contributed by atoms with E-state index < -0.39 is 0 Å². The number of nitrogens with two attached hydrogens (primary N) is 1. The number of rotatable bonds is 3. The largest absolute Gasteiger partial charge is 0.399 e. The van der Waals surface area contributed by atoms with Gasteiger partial charge in [0.25, 0.3) is 0 Å². The number of hydrogen-bond donors (Lipinski definition) is 2. The highest BCUT2D eigenvalue weighted by molar-refractivity contribution is 6.33. The molecular weight excluding hydrogens is 246 g/mol. The highest BCUT2D eigenvalue weighted by Crippen LogP contribution is 2.24. The Kier molecular flexibility index (Phi) is 3.71. The predicted molar refractivity (Wildman–Crippen MR) is 74.3 cm³/mol. The van der Waals surface area contributed by atoms with E-state index >= 15 is 0 Å². The van der Waals surface area contributed by atoms with Crippen LogP contribution in [0.3, 0.4) is 0 Å². The number of hydrogen-bond acceptors (Lipinski definition) is 3. The van der Waals surface area contributed by atoms with Crippen molar-refractivity contribution in [3.8, 4) is 6.07 Å². The monoisotopic (exact) mass is 257 g/mol. The van der Waals surface area contributed by atoms with E-state index in [1.165, 1.54) is 0 Å². The average molecular weight is 258 g/mol. The summed E-state index contributed by atoms with van der Waals surface area (Å²) in [7, 11) is 0. The van der Waals surface area contributed by atoms with Gasteiger partial charge in [0.1, 0.15) is 0 Å². The Bertz CT molecular complexity index is 602. The molecule has 0 aliphatic carbocycles. The van der Waals surface area contributed by atoms with Gasteiger partial charge in [0.15, 0.2) is 0 Å². The van der Waals surface area contributed by atoms with E-state index in [2.05, 4.69) is 11.4 Å². The van der Waals surface area contributed by atoms with Gasteiger partial charge < -0.3 is 11.1 Å². The van der Waals surface area contributed by atoms with Crippen LogP contribution in [0.1, 0.15) is 11.1 Å². The minimum absolute atomic E-state index is 0.589. The van der Waals surface area contributed by atoms with Crippen LogP contribution in [0.5, 0.6) is 0 Å². The summed E-state index contributed by atoms with van der Waals surface area (Å²) in [6.07, 6.45) is 0. The Morgan fingerprint density at radius 3 is 2.78 bits per heavy atom. The van der Waals surface area contributed by atoms with Crippen molar-refractivity contribution in [2.75, 3.05) is 11.1 Å². The second kappa shape index (κ2) is 5.44. The molecule has 2 aromatic carbocycles. The SMILES string of the molecule is N#Cc1cccc(CNc2ccc(N)cc2Cl)c1. The van der Waals surface area contributed by atoms with Gasteiger partial charge in [0.05, 0.1) is 22.3 Å². The van der Waals surface area contributed by atoms with Gasteiger partial charge in [-0.2, -0.15) is 5.26 Å². The van der Waals surface area contributed by atoms with Crippen LogP contribution in [0.25, 0.3) is 0 Å². The van der Waals surface area contributed by atoms with Crippen LogP contribution >= 0.6 is 11.6 Å². The van der Waals surface area contributed by atoms with Gasteiger partial charge in [-0.3, -0.25) is 0 Å². The zero-order valence-corrected chi connectivity index (χ0v) is 10.4. The van der Waals surface area contributed by atoms with Gasteiger partial charge in [0, 0.05) is 12.2 Å². The predicted octanol–water partition coefficient (Wildman–Crippen LogP) is 3.41. The lowest BCUT2D eigenvalue weighted by molar-refractivity contribution is 1.15. The first-order chi connectivity index (χ1) is 8.69. The van der Waals surface area contributed by atoms with E-state index in [0.717, 1.165) is 11.3 Å². The Hall–Kier alpha value is -2.18. The zero-order valence-electron chi connectivity index (χ0n) is 9.65. The third-order valence-electron chi connectivity index (χ3n) is 2.53. The van der Waals surface area contributed by atoms with Crippen molar-refractivity contribution in [1.82, 2.24) is 0 Å². The summed E-state index contributed by atoms with van der Waals surface area (Å²) in [6, 6.07) is 14.9. The molecule has 4 heteroatoms. The third kappa shape index (κ3) is 2.93. The topological polar surface area (TPSA) is 61.8 Å². The van der Waals surface area contributed by atoms with Crippen molar-refractivity contribution in [3.05, 3.63) is 58.6 Å². The minimum Gasteiger partial charge on any atom is -0.399 e. The van der Waals surface area contributed by atoms with Gasteiger partial charge >= 0.3 is 0 Å². The summed E-state index contributed by atoms with van der Waals surface area (Å²) in [4.78, 5) is 0. The first-order valence-electron chi connectivity index (χ1n) is 5.47. The first kappa shape index (κ1) is 12.3. The molecule has 0 amide bonds. The maximum Gasteiger partial charge on any atom is 0.0991 e. The molecular formula is C14H12ClN3. The van der Waals surface area contributed by atoms with Crippen LogP contribution in [-0.2, 0) is 6.54 Å². The van der Waals surface area contributed by atoms with Gasteiger partial charge in [-0.15, -0.1) is 0 Å². The van der Waals surface area contributed by atoms with Crippen LogP contribution in [0.2, 0.25) is 5.02 Å². The summed E-state index contributed by atoms with van der Waals surface area (Å²) in [5.74, 6) is 0. The number of nitrogens with one attached hydrogen (secondary N) is 1. The Morgan fingerprint density at radius 1 is 1.22 bits per heavy atom. The van der Waals surface area contributed by atoms with Crippen molar-refractivity contribution in [2.45, 2.75) is 6.54 Å². The lowest BCUT2D eigenvalue weighted by Gasteiger charge is -2.09. The van der Waals surface area contributed by atoms with E-state index in [1.54, 1.807) is 18.2 Å². The molecule has 0 radical (unpaired) electrons. The van der Waals surface area contributed by atoms with Crippen LogP contribution in [-0.4, -0.2) is 0 Å². The highest BCUT2D eigenvalue weighted by atomic mass is 35.5. The molecule has 0 spiro atoms. The standard InChI is InChI=1S/C14H12ClN3/c15-13-7-12(17)4-5-14(13)18-9-11-3-1-2-10(6-11)8-16/h1-7,18H,9,17H2. The van der Waals surface area contributed by atoms with Crippen LogP contribution in [0.4, 0.5) is 11.4 Å². The maximum atomic E-state index is 8.82. The normalized spacial score (nSPS) is 9.78. The molecule has 0 bridgehead atoms. The summed E-state index contributed by atoms with van der Waals surface area (Å²) in [6.45, 7) is 0.610. The number of benzene rings is 2. The number of halogens is 1. The molecule has 0 fully saturated rings. The van der Waals surface area contributed by atoms with Crippen LogP contribution < -0.4 is 11.1 Å². The third-order valence-corrected chi connectivity index (χ3v) is 2.84. The van der Waals surface area contributed by atoms with Gasteiger partial charge in [0.2, 0.25) is 0 Å². The second-order valence-corrected chi connectivity index (χ2v) is 4.31. The highest BCUT2D eigenvalue weighted by Gasteiger charge is 2.01. The molecule has 0 saturated carbocycles. The number of nitrogen functional groups attached to an aromatic ring is 1. The molecule has 0 heterocycles. The van der Waals surface area contributed by atoms with Crippen molar-refractivity contribution < 1.29 is 0 Å². The van der Waals surface area contributed by atoms with Crippen molar-refractivity contribution in [3.63, 3.8) is 0 Å². The molecule has 0 aliphatic heterocycles. The molecule has 0 aliphatic rings. The Morgan fingerprint density at radius 2 is 2.06 bits per heavy atom. The molecule has 0 saturated heterocycles. The number of nitrogens with zero attached hydrogens (tertiary/aromatic N) is 1. The van der Waals surface area contributed by atoms with Gasteiger partial charge in [-0.25, -0.2) is 0 Å². The lowest BCUT2D eigenvalue weighted by atomic mass is 10.1. The van der Waals surface area contributed by atoms with E-state index in [1.807, 2.05) is 24.3 Å². The fourth-order valence-corrected chi connectivity index (χ4v) is 1.88. The fourth-order valence-electron chi connectivity index (χ4n) is 1.62. The smallest absolute Gasteiger partial charge is 0.0991 e. The molecule has 2 rings (SSSR count). The van der Waals surface area contributed by atoms with Crippen LogP contribution in [0, 0.1) is 11.3 Å². The quantitative estimate of drug-likeness (QED) is 0.829. The molecule has 18 heavy (non-hydrogen) atoms. The van der Waals surface area contributed by atoms with E-state index in [9.17, 15) is 0 Å². The Labute approximate surface area is 111 Å². The van der Waals surface area contributed by atoms with Gasteiger partial charge in [-0.1, -0.05) is 23.7 Å². The summed E-state index contributed by atoms with van der Waals surface area (Å²) in [5, 5.41) is 12.6. The zero-order chi connectivity index (χ0) is 13.0. The summed E-state index contributed by atoms with van der Waals surface area (Å²) in [5.41, 5.74) is 8.77. The minimum atomic E-state index is 0.589. The molecule has 0 aromatic heterocycles. The molecule has 0 atom stereocenters. The molecule has 90 valence electrons. The van der Waals surface area contributed by atoms with Crippen molar-refractivity contribution in [2.24, 2.45) is 0 Å².